The van der Waals surface area contributed by atoms with Gasteiger partial charge in [0.15, 0.2) is 0 Å². The highest BCUT2D eigenvalue weighted by Gasteiger charge is 2.36. The van der Waals surface area contributed by atoms with E-state index in [1.54, 1.807) is 0 Å². The second kappa shape index (κ2) is 2.95. The molecule has 0 aromatic heterocycles. The van der Waals surface area contributed by atoms with Gasteiger partial charge in [-0.2, -0.15) is 0 Å². The van der Waals surface area contributed by atoms with Crippen molar-refractivity contribution >= 4 is 18.6 Å². The van der Waals surface area contributed by atoms with Crippen LogP contribution in [-0.4, -0.2) is 18.6 Å². The number of nitrogens with one attached hydrogen (secondary N) is 3. The summed E-state index contributed by atoms with van der Waals surface area (Å²) < 4.78 is 0. The van der Waals surface area contributed by atoms with Gasteiger partial charge in [-0.25, -0.2) is 0 Å². The van der Waals surface area contributed by atoms with Crippen LogP contribution in [0.2, 0.25) is 0 Å². The second-order valence-corrected chi connectivity index (χ2v) is 3.62. The topological polar surface area (TPSA) is 71.6 Å². The van der Waals surface area contributed by atoms with Gasteiger partial charge in [-0.1, -0.05) is 20.8 Å². The molecule has 0 bridgehead atoms. The van der Waals surface area contributed by atoms with Crippen molar-refractivity contribution in [3.8, 4) is 0 Å². The molecule has 3 heteroatoms. The summed E-state index contributed by atoms with van der Waals surface area (Å²) in [6.07, 6.45) is 3.44. The van der Waals surface area contributed by atoms with Crippen molar-refractivity contribution < 1.29 is 0 Å². The Bertz CT molecular complexity index is 154. The molecule has 11 heavy (non-hydrogen) atoms. The lowest BCUT2D eigenvalue weighted by molar-refractivity contribution is 0.337. The van der Waals surface area contributed by atoms with Crippen LogP contribution >= 0.6 is 0 Å². The van der Waals surface area contributed by atoms with Crippen molar-refractivity contribution in [2.45, 2.75) is 20.8 Å². The Morgan fingerprint density at radius 2 is 1.09 bits per heavy atom. The van der Waals surface area contributed by atoms with Gasteiger partial charge in [-0.3, -0.25) is 0 Å². The molecule has 0 atom stereocenters. The van der Waals surface area contributed by atoms with Crippen LogP contribution in [0.5, 0.6) is 0 Å². The third kappa shape index (κ3) is 1.53. The number of hydrogen-bond acceptors (Lipinski definition) is 3. The summed E-state index contributed by atoms with van der Waals surface area (Å²) in [6, 6.07) is 0. The highest BCUT2D eigenvalue weighted by Crippen LogP contribution is 2.33. The van der Waals surface area contributed by atoms with Gasteiger partial charge < -0.3 is 16.2 Å². The smallest absolute Gasteiger partial charge is 0.0787 e. The van der Waals surface area contributed by atoms with Gasteiger partial charge in [0.05, 0.1) is 5.41 Å². The Morgan fingerprint density at radius 1 is 0.818 bits per heavy atom. The first kappa shape index (κ1) is 10.0. The minimum atomic E-state index is -0.812. The van der Waals surface area contributed by atoms with Gasteiger partial charge in [0.2, 0.25) is 0 Å². The molecule has 0 amide bonds. The molecule has 0 fully saturated rings. The van der Waals surface area contributed by atoms with E-state index in [9.17, 15) is 0 Å². The highest BCUT2D eigenvalue weighted by molar-refractivity contribution is 6.05. The molecule has 0 radical (unpaired) electrons. The first-order valence-electron chi connectivity index (χ1n) is 3.48. The zero-order chi connectivity index (χ0) is 9.12. The van der Waals surface area contributed by atoms with E-state index < -0.39 is 5.41 Å². The van der Waals surface area contributed by atoms with Crippen molar-refractivity contribution in [1.82, 2.24) is 0 Å². The molecule has 62 valence electrons. The Hall–Kier alpha value is -0.990. The van der Waals surface area contributed by atoms with Gasteiger partial charge in [-0.05, 0) is 5.41 Å². The average Bonchev–Trinajstić information content (AvgIpc) is 1.90. The van der Waals surface area contributed by atoms with E-state index in [0.29, 0.717) is 0 Å². The van der Waals surface area contributed by atoms with Crippen LogP contribution in [0.1, 0.15) is 20.8 Å². The normalized spacial score (nSPS) is 16.6. The third-order valence-corrected chi connectivity index (χ3v) is 2.02. The molecule has 0 aromatic rings. The van der Waals surface area contributed by atoms with Crippen LogP contribution in [0.4, 0.5) is 0 Å². The fourth-order valence-electron chi connectivity index (χ4n) is 0.775. The lowest BCUT2D eigenvalue weighted by atomic mass is 9.69. The fourth-order valence-corrected chi connectivity index (χ4v) is 0.775. The Morgan fingerprint density at radius 3 is 1.09 bits per heavy atom. The van der Waals surface area contributed by atoms with Gasteiger partial charge in [-0.15, -0.1) is 0 Å². The van der Waals surface area contributed by atoms with Gasteiger partial charge >= 0.3 is 0 Å². The highest BCUT2D eigenvalue weighted by atomic mass is 14.6. The summed E-state index contributed by atoms with van der Waals surface area (Å²) in [7, 11) is 0. The van der Waals surface area contributed by atoms with Crippen molar-refractivity contribution in [2.75, 3.05) is 0 Å². The van der Waals surface area contributed by atoms with E-state index in [0.717, 1.165) is 18.6 Å². The van der Waals surface area contributed by atoms with E-state index in [4.69, 9.17) is 16.2 Å². The molecule has 0 heterocycles. The molecule has 0 aliphatic carbocycles. The lowest BCUT2D eigenvalue weighted by Crippen LogP contribution is -2.39. The minimum absolute atomic E-state index is 0.266. The first-order chi connectivity index (χ1) is 4.93. The summed E-state index contributed by atoms with van der Waals surface area (Å²) in [5.41, 5.74) is -1.08. The summed E-state index contributed by atoms with van der Waals surface area (Å²) in [5, 5.41) is 21.4. The monoisotopic (exact) mass is 153 g/mol. The van der Waals surface area contributed by atoms with Crippen molar-refractivity contribution in [2.24, 2.45) is 10.8 Å². The van der Waals surface area contributed by atoms with E-state index in [1.165, 1.54) is 0 Å². The molecular formula is C8H15N3. The van der Waals surface area contributed by atoms with E-state index in [1.807, 2.05) is 20.8 Å². The Balaban J connectivity index is 4.99. The number of hydrogen-bond donors (Lipinski definition) is 3. The fraction of sp³-hybridized carbons (Fsp3) is 0.625. The predicted molar refractivity (Wildman–Crippen MR) is 48.2 cm³/mol. The summed E-state index contributed by atoms with van der Waals surface area (Å²) >= 11 is 0. The van der Waals surface area contributed by atoms with Crippen molar-refractivity contribution in [3.63, 3.8) is 0 Å². The maximum atomic E-state index is 7.14. The molecule has 0 aliphatic rings. The van der Waals surface area contributed by atoms with Gasteiger partial charge in [0.1, 0.15) is 0 Å². The molecule has 0 spiro atoms. The lowest BCUT2D eigenvalue weighted by Gasteiger charge is -2.34. The average molecular weight is 153 g/mol. The Kier molecular flexibility index (Phi) is 2.68. The summed E-state index contributed by atoms with van der Waals surface area (Å²) in [6.45, 7) is 5.73. The van der Waals surface area contributed by atoms with Crippen LogP contribution in [0.3, 0.4) is 0 Å². The SMILES string of the molecule is CC(C)(C)C(C=N)(C=N)C=N. The predicted octanol–water partition coefficient (Wildman–Crippen LogP) is 1.97. The third-order valence-electron chi connectivity index (χ3n) is 2.02. The van der Waals surface area contributed by atoms with E-state index in [2.05, 4.69) is 0 Å². The maximum absolute atomic E-state index is 7.14. The van der Waals surface area contributed by atoms with Crippen LogP contribution in [0, 0.1) is 27.1 Å². The number of rotatable bonds is 3. The van der Waals surface area contributed by atoms with Crippen LogP contribution < -0.4 is 0 Å². The first-order valence-corrected chi connectivity index (χ1v) is 3.48. The Labute approximate surface area is 67.3 Å². The van der Waals surface area contributed by atoms with Crippen LogP contribution in [0.15, 0.2) is 0 Å². The van der Waals surface area contributed by atoms with Gasteiger partial charge in [0, 0.05) is 18.6 Å². The van der Waals surface area contributed by atoms with Crippen LogP contribution in [0.25, 0.3) is 0 Å². The zero-order valence-corrected chi connectivity index (χ0v) is 7.23. The van der Waals surface area contributed by atoms with Gasteiger partial charge in [0.25, 0.3) is 0 Å². The minimum Gasteiger partial charge on any atom is -0.312 e. The van der Waals surface area contributed by atoms with Crippen molar-refractivity contribution in [3.05, 3.63) is 0 Å². The molecule has 0 rings (SSSR count). The van der Waals surface area contributed by atoms with Crippen LogP contribution in [-0.2, 0) is 0 Å². The molecule has 0 aromatic carbocycles. The molecule has 0 unspecified atom stereocenters. The van der Waals surface area contributed by atoms with Crippen molar-refractivity contribution in [1.29, 1.82) is 16.2 Å². The second-order valence-electron chi connectivity index (χ2n) is 3.62. The zero-order valence-electron chi connectivity index (χ0n) is 7.23. The van der Waals surface area contributed by atoms with E-state index >= 15 is 0 Å². The molecule has 3 N–H and O–H groups in total. The quantitative estimate of drug-likeness (QED) is 0.519. The molecular weight excluding hydrogens is 138 g/mol. The van der Waals surface area contributed by atoms with E-state index in [-0.39, 0.29) is 5.41 Å². The molecule has 0 saturated heterocycles. The molecule has 0 aliphatic heterocycles. The maximum Gasteiger partial charge on any atom is 0.0787 e. The standard InChI is InChI=1S/C8H15N3/c1-7(2,3)8(4-9,5-10)6-11/h4-6,9-11H,1-3H3. The summed E-state index contributed by atoms with van der Waals surface area (Å²) in [4.78, 5) is 0. The summed E-state index contributed by atoms with van der Waals surface area (Å²) in [5.74, 6) is 0. The largest absolute Gasteiger partial charge is 0.312 e. The molecule has 0 saturated carbocycles. The molecule has 3 nitrogen and oxygen atoms in total.